The molecule has 0 saturated heterocycles. The topological polar surface area (TPSA) is 95.9 Å². The number of amides is 1. The number of aliphatic hydroxyl groups excluding tert-OH is 2. The van der Waals surface area contributed by atoms with Crippen molar-refractivity contribution in [2.45, 2.75) is 392 Å². The number of unbranched alkanes of at least 4 members (excludes halogenated alkanes) is 48. The largest absolute Gasteiger partial charge is 0.466 e. The lowest BCUT2D eigenvalue weighted by Crippen LogP contribution is -2.45. The Balaban J connectivity index is 3.42. The number of carbonyl (C=O) groups excluding carboxylic acids is 2. The van der Waals surface area contributed by atoms with Crippen molar-refractivity contribution in [3.05, 3.63) is 60.8 Å². The van der Waals surface area contributed by atoms with E-state index in [-0.39, 0.29) is 18.5 Å². The van der Waals surface area contributed by atoms with Crippen LogP contribution in [-0.2, 0) is 14.3 Å². The van der Waals surface area contributed by atoms with Gasteiger partial charge < -0.3 is 20.3 Å². The number of esters is 1. The molecule has 0 aromatic heterocycles. The van der Waals surface area contributed by atoms with Crippen molar-refractivity contribution in [2.24, 2.45) is 0 Å². The van der Waals surface area contributed by atoms with Gasteiger partial charge in [0.15, 0.2) is 0 Å². The van der Waals surface area contributed by atoms with Crippen molar-refractivity contribution in [1.82, 2.24) is 5.32 Å². The second-order valence-electron chi connectivity index (χ2n) is 24.6. The summed E-state index contributed by atoms with van der Waals surface area (Å²) in [5.41, 5.74) is 0. The Morgan fingerprint density at radius 3 is 0.963 bits per heavy atom. The zero-order valence-corrected chi connectivity index (χ0v) is 54.3. The molecule has 6 nitrogen and oxygen atoms in total. The summed E-state index contributed by atoms with van der Waals surface area (Å²) in [5, 5.41) is 23.2. The van der Waals surface area contributed by atoms with Gasteiger partial charge in [0, 0.05) is 12.8 Å². The first-order valence-corrected chi connectivity index (χ1v) is 36.1. The molecule has 2 unspecified atom stereocenters. The third-order valence-electron chi connectivity index (χ3n) is 16.5. The molecule has 0 aliphatic heterocycles. The van der Waals surface area contributed by atoms with E-state index >= 15 is 0 Å². The average Bonchev–Trinajstić information content (AvgIpc) is 3.47. The van der Waals surface area contributed by atoms with Crippen molar-refractivity contribution in [2.75, 3.05) is 13.2 Å². The fourth-order valence-corrected chi connectivity index (χ4v) is 11.0. The van der Waals surface area contributed by atoms with Crippen molar-refractivity contribution in [1.29, 1.82) is 0 Å². The van der Waals surface area contributed by atoms with Crippen LogP contribution in [0, 0.1) is 0 Å². The van der Waals surface area contributed by atoms with Crippen molar-refractivity contribution in [3.8, 4) is 0 Å². The summed E-state index contributed by atoms with van der Waals surface area (Å²) < 4.78 is 5.48. The molecule has 0 aromatic rings. The second kappa shape index (κ2) is 70.0. The molecular weight excluding hydrogens is 995 g/mol. The van der Waals surface area contributed by atoms with Crippen molar-refractivity contribution >= 4 is 11.9 Å². The number of carbonyl (C=O) groups is 2. The summed E-state index contributed by atoms with van der Waals surface area (Å²) in [5.74, 6) is -0.0664. The zero-order chi connectivity index (χ0) is 58.5. The predicted molar refractivity (Wildman–Crippen MR) is 356 cm³/mol. The fourth-order valence-electron chi connectivity index (χ4n) is 11.0. The van der Waals surface area contributed by atoms with E-state index < -0.39 is 12.1 Å². The zero-order valence-electron chi connectivity index (χ0n) is 54.3. The number of hydrogen-bond donors (Lipinski definition) is 3. The van der Waals surface area contributed by atoms with Crippen LogP contribution in [0.2, 0.25) is 0 Å². The van der Waals surface area contributed by atoms with Crippen LogP contribution in [0.5, 0.6) is 0 Å². The Morgan fingerprint density at radius 2 is 0.617 bits per heavy atom. The summed E-state index contributed by atoms with van der Waals surface area (Å²) in [6.07, 6.45) is 93.0. The van der Waals surface area contributed by atoms with E-state index in [9.17, 15) is 19.8 Å². The van der Waals surface area contributed by atoms with E-state index in [1.165, 1.54) is 295 Å². The minimum atomic E-state index is -0.846. The van der Waals surface area contributed by atoms with E-state index in [1.807, 2.05) is 6.08 Å². The normalized spacial score (nSPS) is 12.9. The molecule has 0 aliphatic carbocycles. The molecule has 0 rings (SSSR count). The van der Waals surface area contributed by atoms with Crippen LogP contribution in [0.1, 0.15) is 380 Å². The van der Waals surface area contributed by atoms with Crippen LogP contribution in [0.3, 0.4) is 0 Å². The number of nitrogens with one attached hydrogen (secondary N) is 1. The highest BCUT2D eigenvalue weighted by Gasteiger charge is 2.18. The smallest absolute Gasteiger partial charge is 0.305 e. The summed E-state index contributed by atoms with van der Waals surface area (Å²) in [6, 6.07) is -0.629. The molecule has 0 radical (unpaired) electrons. The van der Waals surface area contributed by atoms with Crippen LogP contribution in [0.15, 0.2) is 60.8 Å². The lowest BCUT2D eigenvalue weighted by atomic mass is 10.0. The van der Waals surface area contributed by atoms with Gasteiger partial charge >= 0.3 is 5.97 Å². The van der Waals surface area contributed by atoms with Gasteiger partial charge in [-0.3, -0.25) is 9.59 Å². The minimum Gasteiger partial charge on any atom is -0.466 e. The second-order valence-corrected chi connectivity index (χ2v) is 24.6. The van der Waals surface area contributed by atoms with Gasteiger partial charge in [0.05, 0.1) is 25.4 Å². The molecule has 3 N–H and O–H groups in total. The summed E-state index contributed by atoms with van der Waals surface area (Å²) in [4.78, 5) is 24.6. The Bertz CT molecular complexity index is 1400. The van der Waals surface area contributed by atoms with Crippen LogP contribution < -0.4 is 5.32 Å². The fraction of sp³-hybridized carbons (Fsp3) is 0.840. The maximum Gasteiger partial charge on any atom is 0.305 e. The van der Waals surface area contributed by atoms with E-state index in [4.69, 9.17) is 4.74 Å². The van der Waals surface area contributed by atoms with Gasteiger partial charge in [-0.15, -0.1) is 0 Å². The quantitative estimate of drug-likeness (QED) is 0.0320. The highest BCUT2D eigenvalue weighted by atomic mass is 16.5. The maximum absolute atomic E-state index is 12.5. The summed E-state index contributed by atoms with van der Waals surface area (Å²) >= 11 is 0. The van der Waals surface area contributed by atoms with Gasteiger partial charge in [-0.25, -0.2) is 0 Å². The number of aliphatic hydroxyl groups is 2. The van der Waals surface area contributed by atoms with Gasteiger partial charge in [0.25, 0.3) is 0 Å². The molecule has 1 amide bonds. The first-order valence-electron chi connectivity index (χ1n) is 36.1. The standard InChI is InChI=1S/C75H139NO5/c1-3-5-7-9-11-13-15-17-19-20-36-40-43-47-51-55-59-63-67-73(78)72(71-77)76-74(79)68-64-60-56-52-48-44-41-37-34-32-30-28-26-24-22-21-23-25-27-29-31-33-35-38-42-46-50-54-58-62-66-70-81-75(80)69-65-61-57-53-49-45-39-18-16-14-12-10-8-6-4-2/h12,14,18,23,25,29,31,39,63,67,72-73,77-78H,3-11,13,15-17,19-22,24,26-28,30,32-38,40-62,64-66,68-71H2,1-2H3,(H,76,79)/b14-12-,25-23-,31-29-,39-18-,67-63+. The lowest BCUT2D eigenvalue weighted by molar-refractivity contribution is -0.143. The van der Waals surface area contributed by atoms with Crippen LogP contribution >= 0.6 is 0 Å². The van der Waals surface area contributed by atoms with E-state index in [2.05, 4.69) is 67.8 Å². The van der Waals surface area contributed by atoms with Gasteiger partial charge in [-0.05, 0) is 96.3 Å². The Kier molecular flexibility index (Phi) is 67.9. The molecular formula is C75H139NO5. The van der Waals surface area contributed by atoms with Gasteiger partial charge in [-0.2, -0.15) is 0 Å². The number of rotatable bonds is 67. The van der Waals surface area contributed by atoms with Crippen molar-refractivity contribution in [3.63, 3.8) is 0 Å². The average molecular weight is 1130 g/mol. The molecule has 81 heavy (non-hydrogen) atoms. The first-order chi connectivity index (χ1) is 40.0. The lowest BCUT2D eigenvalue weighted by Gasteiger charge is -2.20. The third kappa shape index (κ3) is 66.6. The van der Waals surface area contributed by atoms with E-state index in [1.54, 1.807) is 6.08 Å². The highest BCUT2D eigenvalue weighted by Crippen LogP contribution is 2.18. The van der Waals surface area contributed by atoms with Gasteiger partial charge in [0.1, 0.15) is 0 Å². The molecule has 474 valence electrons. The molecule has 0 aliphatic rings. The Hall–Kier alpha value is -2.44. The number of ether oxygens (including phenoxy) is 1. The van der Waals surface area contributed by atoms with Gasteiger partial charge in [0.2, 0.25) is 5.91 Å². The molecule has 0 aromatic carbocycles. The van der Waals surface area contributed by atoms with Crippen LogP contribution in [-0.4, -0.2) is 47.4 Å². The van der Waals surface area contributed by atoms with Crippen molar-refractivity contribution < 1.29 is 24.5 Å². The Labute approximate surface area is 505 Å². The highest BCUT2D eigenvalue weighted by molar-refractivity contribution is 5.76. The first kappa shape index (κ1) is 78.6. The Morgan fingerprint density at radius 1 is 0.346 bits per heavy atom. The molecule has 6 heteroatoms. The summed E-state index contributed by atoms with van der Waals surface area (Å²) in [6.45, 7) is 4.89. The molecule has 0 fully saturated rings. The SMILES string of the molecule is CCCCC/C=C\C/C=C\CCCCCCCC(=O)OCCCCCCCCCCC/C=C\C/C=C\CCCCCCCCCCCCCCCCCC(=O)NC(CO)C(O)/C=C/CCCCCCCCCCCCCCCCCC. The maximum atomic E-state index is 12.5. The van der Waals surface area contributed by atoms with E-state index in [0.717, 1.165) is 57.8 Å². The molecule has 2 atom stereocenters. The van der Waals surface area contributed by atoms with Crippen LogP contribution in [0.4, 0.5) is 0 Å². The molecule has 0 saturated carbocycles. The molecule has 0 bridgehead atoms. The van der Waals surface area contributed by atoms with Crippen LogP contribution in [0.25, 0.3) is 0 Å². The summed E-state index contributed by atoms with van der Waals surface area (Å²) in [7, 11) is 0. The number of hydrogen-bond acceptors (Lipinski definition) is 5. The van der Waals surface area contributed by atoms with Gasteiger partial charge in [-0.1, -0.05) is 331 Å². The number of allylic oxidation sites excluding steroid dienone is 9. The van der Waals surface area contributed by atoms with E-state index in [0.29, 0.717) is 19.4 Å². The molecule has 0 heterocycles. The minimum absolute atomic E-state index is 0.00128. The monoisotopic (exact) mass is 1130 g/mol. The molecule has 0 spiro atoms. The predicted octanol–water partition coefficient (Wildman–Crippen LogP) is 23.4. The third-order valence-corrected chi connectivity index (χ3v) is 16.5.